The second-order valence-corrected chi connectivity index (χ2v) is 29.2. The number of aliphatic hydroxyl groups is 8. The van der Waals surface area contributed by atoms with Crippen LogP contribution in [0.25, 0.3) is 0 Å². The Morgan fingerprint density at radius 2 is 0.684 bits per heavy atom. The molecule has 0 bridgehead atoms. The summed E-state index contributed by atoms with van der Waals surface area (Å²) in [6.45, 7) is 2.83. The first kappa shape index (κ1) is 91.8. The Kier molecular flexibility index (Phi) is 63.5. The van der Waals surface area contributed by atoms with E-state index in [1.807, 2.05) is 6.08 Å². The number of rotatable bonds is 70. The summed E-state index contributed by atoms with van der Waals surface area (Å²) in [6, 6.07) is -0.935. The van der Waals surface area contributed by atoms with Gasteiger partial charge in [0.05, 0.1) is 32.0 Å². The minimum Gasteiger partial charge on any atom is -0.394 e. The molecule has 12 unspecified atom stereocenters. The number of hydrogen-bond donors (Lipinski definition) is 9. The van der Waals surface area contributed by atoms with Gasteiger partial charge in [-0.05, 0) is 70.6 Å². The van der Waals surface area contributed by atoms with Crippen LogP contribution in [-0.4, -0.2) is 140 Å². The van der Waals surface area contributed by atoms with Crippen LogP contribution in [0.5, 0.6) is 0 Å². The smallest absolute Gasteiger partial charge is 0.220 e. The lowest BCUT2D eigenvalue weighted by molar-refractivity contribution is -0.359. The number of aliphatic hydroxyl groups excluding tert-OH is 8. The molecule has 2 saturated heterocycles. The van der Waals surface area contributed by atoms with Crippen LogP contribution in [0, 0.1) is 0 Å². The van der Waals surface area contributed by atoms with Crippen LogP contribution >= 0.6 is 0 Å². The summed E-state index contributed by atoms with van der Waals surface area (Å²) in [6.07, 6.45) is 76.0. The van der Waals surface area contributed by atoms with Gasteiger partial charge in [-0.3, -0.25) is 4.79 Å². The Balaban J connectivity index is 1.62. The van der Waals surface area contributed by atoms with Gasteiger partial charge in [-0.25, -0.2) is 0 Å². The van der Waals surface area contributed by atoms with E-state index in [2.05, 4.69) is 67.8 Å². The molecule has 0 aliphatic carbocycles. The molecule has 2 rings (SSSR count). The third kappa shape index (κ3) is 50.2. The zero-order valence-electron chi connectivity index (χ0n) is 63.0. The zero-order chi connectivity index (χ0) is 70.8. The molecule has 1 amide bonds. The van der Waals surface area contributed by atoms with Gasteiger partial charge in [-0.2, -0.15) is 0 Å². The van der Waals surface area contributed by atoms with Gasteiger partial charge in [0.15, 0.2) is 12.6 Å². The third-order valence-electron chi connectivity index (χ3n) is 20.2. The fourth-order valence-electron chi connectivity index (χ4n) is 13.6. The summed E-state index contributed by atoms with van der Waals surface area (Å²) < 4.78 is 22.9. The van der Waals surface area contributed by atoms with Gasteiger partial charge in [-0.15, -0.1) is 0 Å². The van der Waals surface area contributed by atoms with E-state index in [1.54, 1.807) is 6.08 Å². The molecular weight excluding hydrogens is 1230 g/mol. The van der Waals surface area contributed by atoms with Gasteiger partial charge in [0.25, 0.3) is 0 Å². The van der Waals surface area contributed by atoms with Gasteiger partial charge >= 0.3 is 0 Å². The second-order valence-electron chi connectivity index (χ2n) is 29.2. The molecule has 574 valence electrons. The molecule has 2 aliphatic rings. The first-order valence-electron chi connectivity index (χ1n) is 41.5. The Labute approximate surface area is 600 Å². The van der Waals surface area contributed by atoms with Crippen molar-refractivity contribution in [2.75, 3.05) is 19.8 Å². The van der Waals surface area contributed by atoms with Crippen molar-refractivity contribution in [3.63, 3.8) is 0 Å². The standard InChI is InChI=1S/C84H155NO13/c1-3-5-7-9-11-13-15-17-19-21-23-25-27-29-31-33-35-36-38-40-42-44-46-48-50-52-54-56-58-60-62-64-66-68-76(89)85-72(71-95-83-81(94)79(92)82(75(70-87)97-83)98-84-80(93)78(91)77(90)74(69-86)96-84)73(88)67-65-63-61-59-57-55-53-51-49-47-45-43-41-39-37-34-32-30-28-26-24-22-20-18-16-14-12-10-8-6-4-2/h15,17,21,23,27,29,57,59,65,67,72-75,77-84,86-88,90-94H,3-14,16,18-20,22,24-26,28,30-56,58,60-64,66,68-71H2,1-2H3,(H,85,89)/b17-15-,23-21-,29-27-,59-57+,67-65+. The molecule has 2 fully saturated rings. The molecule has 0 aromatic heterocycles. The Morgan fingerprint density at radius 3 is 1.07 bits per heavy atom. The first-order chi connectivity index (χ1) is 48.1. The normalized spacial score (nSPS) is 22.3. The quantitative estimate of drug-likeness (QED) is 0.0204. The Morgan fingerprint density at radius 1 is 0.367 bits per heavy atom. The van der Waals surface area contributed by atoms with Gasteiger partial charge in [0.1, 0.15) is 48.8 Å². The molecular formula is C84H155NO13. The van der Waals surface area contributed by atoms with Crippen molar-refractivity contribution in [3.8, 4) is 0 Å². The summed E-state index contributed by atoms with van der Waals surface area (Å²) in [4.78, 5) is 13.4. The highest BCUT2D eigenvalue weighted by Crippen LogP contribution is 2.30. The molecule has 98 heavy (non-hydrogen) atoms. The van der Waals surface area contributed by atoms with E-state index < -0.39 is 86.8 Å². The van der Waals surface area contributed by atoms with Crippen molar-refractivity contribution in [1.29, 1.82) is 0 Å². The summed E-state index contributed by atoms with van der Waals surface area (Å²) in [5.74, 6) is -0.244. The van der Waals surface area contributed by atoms with Crippen molar-refractivity contribution < 1.29 is 64.6 Å². The van der Waals surface area contributed by atoms with Crippen molar-refractivity contribution in [2.24, 2.45) is 0 Å². The lowest BCUT2D eigenvalue weighted by Crippen LogP contribution is -2.65. The largest absolute Gasteiger partial charge is 0.394 e. The molecule has 14 heteroatoms. The van der Waals surface area contributed by atoms with Crippen molar-refractivity contribution >= 4 is 5.91 Å². The average molecular weight is 1390 g/mol. The predicted molar refractivity (Wildman–Crippen MR) is 406 cm³/mol. The average Bonchev–Trinajstić information content (AvgIpc) is 0.793. The highest BCUT2D eigenvalue weighted by molar-refractivity contribution is 5.76. The number of allylic oxidation sites excluding steroid dienone is 9. The molecule has 2 heterocycles. The van der Waals surface area contributed by atoms with Crippen molar-refractivity contribution in [1.82, 2.24) is 5.32 Å². The van der Waals surface area contributed by atoms with Crippen LogP contribution in [0.15, 0.2) is 60.8 Å². The van der Waals surface area contributed by atoms with Crippen molar-refractivity contribution in [2.45, 2.75) is 447 Å². The minimum absolute atomic E-state index is 0.244. The van der Waals surface area contributed by atoms with E-state index in [4.69, 9.17) is 18.9 Å². The van der Waals surface area contributed by atoms with Gasteiger partial charge < -0.3 is 65.1 Å². The third-order valence-corrected chi connectivity index (χ3v) is 20.2. The minimum atomic E-state index is -1.79. The highest BCUT2D eigenvalue weighted by atomic mass is 16.7. The molecule has 0 saturated carbocycles. The fourth-order valence-corrected chi connectivity index (χ4v) is 13.6. The zero-order valence-corrected chi connectivity index (χ0v) is 63.0. The summed E-state index contributed by atoms with van der Waals surface area (Å²) in [5, 5.41) is 87.7. The SMILES string of the molecule is CCCCCCC/C=C\C/C=C\C/C=C\CCCCCCCCCCCCCCCCCCCCC(=O)NC(COC1OC(CO)C(OC2OC(CO)C(O)C(O)C2O)C(O)C1O)C(O)/C=C/CC/C=C/CCCCCCCCCCCCCCCCCCCCCCCCCCC. The number of hydrogen-bond acceptors (Lipinski definition) is 13. The van der Waals surface area contributed by atoms with E-state index in [0.717, 1.165) is 44.9 Å². The number of carbonyl (C=O) groups excluding carboxylic acids is 1. The van der Waals surface area contributed by atoms with E-state index >= 15 is 0 Å². The van der Waals surface area contributed by atoms with Gasteiger partial charge in [0, 0.05) is 6.42 Å². The molecule has 0 aromatic carbocycles. The lowest BCUT2D eigenvalue weighted by atomic mass is 9.97. The van der Waals surface area contributed by atoms with Crippen LogP contribution in [0.2, 0.25) is 0 Å². The Bertz CT molecular complexity index is 1880. The maximum atomic E-state index is 13.4. The van der Waals surface area contributed by atoms with E-state index in [0.29, 0.717) is 12.8 Å². The monoisotopic (exact) mass is 1390 g/mol. The number of ether oxygens (including phenoxy) is 4. The van der Waals surface area contributed by atoms with Gasteiger partial charge in [-0.1, -0.05) is 357 Å². The van der Waals surface area contributed by atoms with Crippen LogP contribution in [0.3, 0.4) is 0 Å². The summed E-state index contributed by atoms with van der Waals surface area (Å²) >= 11 is 0. The molecule has 12 atom stereocenters. The number of unbranched alkanes of at least 4 members (excludes halogenated alkanes) is 49. The van der Waals surface area contributed by atoms with Crippen LogP contribution < -0.4 is 5.32 Å². The topological polar surface area (TPSA) is 228 Å². The molecule has 0 spiro atoms. The van der Waals surface area contributed by atoms with E-state index in [9.17, 15) is 45.6 Å². The van der Waals surface area contributed by atoms with Crippen LogP contribution in [0.4, 0.5) is 0 Å². The maximum absolute atomic E-state index is 13.4. The number of nitrogens with one attached hydrogen (secondary N) is 1. The van der Waals surface area contributed by atoms with Gasteiger partial charge in [0.2, 0.25) is 5.91 Å². The number of amides is 1. The molecule has 0 aromatic rings. The predicted octanol–water partition coefficient (Wildman–Crippen LogP) is 19.1. The first-order valence-corrected chi connectivity index (χ1v) is 41.5. The Hall–Kier alpha value is -2.31. The number of carbonyl (C=O) groups is 1. The van der Waals surface area contributed by atoms with Crippen molar-refractivity contribution in [3.05, 3.63) is 60.8 Å². The van der Waals surface area contributed by atoms with E-state index in [1.165, 1.54) is 295 Å². The summed E-state index contributed by atoms with van der Waals surface area (Å²) in [7, 11) is 0. The molecule has 0 radical (unpaired) electrons. The summed E-state index contributed by atoms with van der Waals surface area (Å²) in [5.41, 5.74) is 0. The molecule has 2 aliphatic heterocycles. The second kappa shape index (κ2) is 67.8. The van der Waals surface area contributed by atoms with Crippen LogP contribution in [0.1, 0.15) is 373 Å². The fraction of sp³-hybridized carbons (Fsp3) is 0.869. The maximum Gasteiger partial charge on any atom is 0.220 e. The molecule has 9 N–H and O–H groups in total. The lowest BCUT2D eigenvalue weighted by Gasteiger charge is -2.46. The van der Waals surface area contributed by atoms with E-state index in [-0.39, 0.29) is 18.9 Å². The highest BCUT2D eigenvalue weighted by Gasteiger charge is 2.51. The molecule has 14 nitrogen and oxygen atoms in total. The van der Waals surface area contributed by atoms with Crippen LogP contribution in [-0.2, 0) is 23.7 Å².